The monoisotopic (exact) mass is 342 g/mol. The topological polar surface area (TPSA) is 79.6 Å². The zero-order valence-corrected chi connectivity index (χ0v) is 13.6. The summed E-state index contributed by atoms with van der Waals surface area (Å²) in [6, 6.07) is 10.1. The Balaban J connectivity index is 1.94. The zero-order valence-electron chi connectivity index (χ0n) is 12.8. The van der Waals surface area contributed by atoms with Gasteiger partial charge in [-0.05, 0) is 61.2 Å². The molecule has 0 bridgehead atoms. The van der Waals surface area contributed by atoms with Crippen molar-refractivity contribution in [2.45, 2.75) is 6.92 Å². The van der Waals surface area contributed by atoms with Crippen LogP contribution in [0.1, 0.15) is 23.0 Å². The molecule has 1 aliphatic rings. The van der Waals surface area contributed by atoms with Gasteiger partial charge in [-0.3, -0.25) is 14.5 Å². The Bertz CT molecular complexity index is 852. The molecule has 0 saturated carbocycles. The number of likely N-dealkylation sites (N-methyl/N-ethyl adjacent to an activating group) is 1. The summed E-state index contributed by atoms with van der Waals surface area (Å²) in [4.78, 5) is 36.5. The number of carboxylic acids is 1. The van der Waals surface area contributed by atoms with Gasteiger partial charge in [0.15, 0.2) is 0 Å². The summed E-state index contributed by atoms with van der Waals surface area (Å²) in [5.41, 5.74) is 1.71. The lowest BCUT2D eigenvalue weighted by molar-refractivity contribution is -0.122. The smallest absolute Gasteiger partial charge is 0.335 e. The molecule has 3 rings (SSSR count). The summed E-state index contributed by atoms with van der Waals surface area (Å²) in [6.45, 7) is 2.10. The van der Waals surface area contributed by atoms with Crippen LogP contribution >= 0.6 is 11.8 Å². The number of hydrogen-bond acceptors (Lipinski definition) is 4. The van der Waals surface area contributed by atoms with Gasteiger partial charge in [-0.1, -0.05) is 0 Å². The molecule has 6 nitrogen and oxygen atoms in total. The minimum absolute atomic E-state index is 0.205. The normalized spacial score (nSPS) is 16.2. The van der Waals surface area contributed by atoms with Crippen molar-refractivity contribution in [2.24, 2.45) is 0 Å². The quantitative estimate of drug-likeness (QED) is 0.863. The third-order valence-corrected chi connectivity index (χ3v) is 4.55. The lowest BCUT2D eigenvalue weighted by atomic mass is 10.2. The molecule has 1 aliphatic heterocycles. The molecule has 0 atom stereocenters. The predicted octanol–water partition coefficient (Wildman–Crippen LogP) is 3.23. The van der Waals surface area contributed by atoms with Gasteiger partial charge in [-0.15, -0.1) is 0 Å². The molecule has 1 saturated heterocycles. The van der Waals surface area contributed by atoms with E-state index in [1.807, 2.05) is 22.9 Å². The van der Waals surface area contributed by atoms with Crippen LogP contribution in [0.15, 0.2) is 47.5 Å². The largest absolute Gasteiger partial charge is 0.478 e. The van der Waals surface area contributed by atoms with Crippen molar-refractivity contribution in [2.75, 3.05) is 6.54 Å². The Labute approximate surface area is 142 Å². The van der Waals surface area contributed by atoms with Crippen LogP contribution in [0.25, 0.3) is 11.8 Å². The first-order valence-electron chi connectivity index (χ1n) is 7.27. The third kappa shape index (κ3) is 2.85. The van der Waals surface area contributed by atoms with E-state index in [0.717, 1.165) is 23.1 Å². The van der Waals surface area contributed by atoms with Crippen LogP contribution in [0.2, 0.25) is 0 Å². The van der Waals surface area contributed by atoms with E-state index < -0.39 is 5.97 Å². The lowest BCUT2D eigenvalue weighted by Gasteiger charge is -2.08. The maximum atomic E-state index is 12.2. The number of aromatic carboxylic acids is 1. The molecule has 1 aromatic heterocycles. The van der Waals surface area contributed by atoms with Crippen molar-refractivity contribution in [3.8, 4) is 5.69 Å². The first-order chi connectivity index (χ1) is 11.5. The van der Waals surface area contributed by atoms with Crippen molar-refractivity contribution in [3.63, 3.8) is 0 Å². The van der Waals surface area contributed by atoms with Gasteiger partial charge in [0.1, 0.15) is 0 Å². The van der Waals surface area contributed by atoms with Gasteiger partial charge in [0.05, 0.1) is 10.5 Å². The number of carbonyl (C=O) groups excluding carboxylic acids is 2. The van der Waals surface area contributed by atoms with Crippen molar-refractivity contribution in [1.82, 2.24) is 9.47 Å². The highest BCUT2D eigenvalue weighted by molar-refractivity contribution is 8.18. The predicted molar refractivity (Wildman–Crippen MR) is 91.1 cm³/mol. The van der Waals surface area contributed by atoms with Gasteiger partial charge in [0.25, 0.3) is 11.1 Å². The standard InChI is InChI=1S/C17H14N2O4S/c1-2-18-15(20)14(24-17(18)23)10-13-4-3-9-19(13)12-7-5-11(6-8-12)16(21)22/h3-10H,2H2,1H3,(H,21,22)/b14-10-. The zero-order chi connectivity index (χ0) is 17.3. The van der Waals surface area contributed by atoms with E-state index in [1.165, 1.54) is 17.0 Å². The second-order valence-electron chi connectivity index (χ2n) is 5.08. The Morgan fingerprint density at radius 3 is 2.50 bits per heavy atom. The van der Waals surface area contributed by atoms with Crippen LogP contribution < -0.4 is 0 Å². The molecular formula is C17H14N2O4S. The number of benzene rings is 1. The van der Waals surface area contributed by atoms with Crippen LogP contribution in [0, 0.1) is 0 Å². The van der Waals surface area contributed by atoms with Crippen LogP contribution in [0.5, 0.6) is 0 Å². The van der Waals surface area contributed by atoms with Crippen LogP contribution in [-0.4, -0.2) is 38.2 Å². The van der Waals surface area contributed by atoms with Crippen LogP contribution in [0.3, 0.4) is 0 Å². The van der Waals surface area contributed by atoms with E-state index in [2.05, 4.69) is 0 Å². The number of amides is 2. The Kier molecular flexibility index (Phi) is 4.26. The van der Waals surface area contributed by atoms with E-state index >= 15 is 0 Å². The average Bonchev–Trinajstić information content (AvgIpc) is 3.12. The summed E-state index contributed by atoms with van der Waals surface area (Å²) in [5, 5.41) is 8.69. The number of nitrogens with zero attached hydrogens (tertiary/aromatic N) is 2. The van der Waals surface area contributed by atoms with E-state index in [4.69, 9.17) is 5.11 Å². The second-order valence-corrected chi connectivity index (χ2v) is 6.07. The summed E-state index contributed by atoms with van der Waals surface area (Å²) in [6.07, 6.45) is 3.48. The number of aromatic nitrogens is 1. The lowest BCUT2D eigenvalue weighted by Crippen LogP contribution is -2.27. The highest BCUT2D eigenvalue weighted by atomic mass is 32.2. The van der Waals surface area contributed by atoms with Gasteiger partial charge < -0.3 is 9.67 Å². The Hall–Kier alpha value is -2.80. The maximum absolute atomic E-state index is 12.2. The minimum atomic E-state index is -0.984. The Morgan fingerprint density at radius 1 is 1.21 bits per heavy atom. The molecule has 0 unspecified atom stereocenters. The molecule has 0 radical (unpaired) electrons. The van der Waals surface area contributed by atoms with Crippen LogP contribution in [-0.2, 0) is 4.79 Å². The fraction of sp³-hybridized carbons (Fsp3) is 0.118. The van der Waals surface area contributed by atoms with Gasteiger partial charge >= 0.3 is 5.97 Å². The first kappa shape index (κ1) is 16.1. The molecule has 7 heteroatoms. The molecule has 1 N–H and O–H groups in total. The van der Waals surface area contributed by atoms with Gasteiger partial charge in [0, 0.05) is 24.1 Å². The summed E-state index contributed by atoms with van der Waals surface area (Å²) < 4.78 is 1.82. The molecule has 122 valence electrons. The van der Waals surface area contributed by atoms with E-state index in [-0.39, 0.29) is 16.7 Å². The molecule has 1 fully saturated rings. The number of carboxylic acid groups (broad SMARTS) is 1. The van der Waals surface area contributed by atoms with Crippen LogP contribution in [0.4, 0.5) is 4.79 Å². The van der Waals surface area contributed by atoms with Gasteiger partial charge in [-0.25, -0.2) is 4.79 Å². The highest BCUT2D eigenvalue weighted by Crippen LogP contribution is 2.32. The molecular weight excluding hydrogens is 328 g/mol. The molecule has 0 spiro atoms. The fourth-order valence-corrected chi connectivity index (χ4v) is 3.31. The van der Waals surface area contributed by atoms with Gasteiger partial charge in [0.2, 0.25) is 0 Å². The molecule has 2 aromatic rings. The summed E-state index contributed by atoms with van der Waals surface area (Å²) in [5.74, 6) is -1.27. The van der Waals surface area contributed by atoms with E-state index in [1.54, 1.807) is 25.1 Å². The summed E-state index contributed by atoms with van der Waals surface area (Å²) in [7, 11) is 0. The minimum Gasteiger partial charge on any atom is -0.478 e. The van der Waals surface area contributed by atoms with Crippen molar-refractivity contribution >= 4 is 35.0 Å². The third-order valence-electron chi connectivity index (χ3n) is 3.64. The average molecular weight is 342 g/mol. The van der Waals surface area contributed by atoms with E-state index in [0.29, 0.717) is 11.4 Å². The summed E-state index contributed by atoms with van der Waals surface area (Å²) >= 11 is 0.922. The van der Waals surface area contributed by atoms with E-state index in [9.17, 15) is 14.4 Å². The second kappa shape index (κ2) is 6.37. The van der Waals surface area contributed by atoms with Crippen molar-refractivity contribution in [1.29, 1.82) is 0 Å². The number of hydrogen-bond donors (Lipinski definition) is 1. The fourth-order valence-electron chi connectivity index (χ4n) is 2.42. The first-order valence-corrected chi connectivity index (χ1v) is 8.09. The van der Waals surface area contributed by atoms with Crippen molar-refractivity contribution < 1.29 is 19.5 Å². The molecule has 24 heavy (non-hydrogen) atoms. The number of thioether (sulfide) groups is 1. The SMILES string of the molecule is CCN1C(=O)S/C(=C\c2cccn2-c2ccc(C(=O)O)cc2)C1=O. The number of rotatable bonds is 4. The number of imide groups is 1. The molecule has 2 amide bonds. The molecule has 0 aliphatic carbocycles. The van der Waals surface area contributed by atoms with Gasteiger partial charge in [-0.2, -0.15) is 0 Å². The maximum Gasteiger partial charge on any atom is 0.335 e. The van der Waals surface area contributed by atoms with Crippen molar-refractivity contribution in [3.05, 3.63) is 58.8 Å². The molecule has 2 heterocycles. The highest BCUT2D eigenvalue weighted by Gasteiger charge is 2.33. The molecule has 1 aromatic carbocycles. The number of carbonyl (C=O) groups is 3. The Morgan fingerprint density at radius 2 is 1.92 bits per heavy atom.